The van der Waals surface area contributed by atoms with Crippen LogP contribution in [0.5, 0.6) is 5.75 Å². The summed E-state index contributed by atoms with van der Waals surface area (Å²) in [4.78, 5) is 26.2. The third kappa shape index (κ3) is 4.93. The average molecular weight is 411 g/mol. The number of carbonyl (C=O) groups is 2. The molecule has 1 saturated heterocycles. The van der Waals surface area contributed by atoms with Crippen LogP contribution in [-0.4, -0.2) is 29.0 Å². The Hall–Kier alpha value is -3.02. The van der Waals surface area contributed by atoms with E-state index in [0.29, 0.717) is 19.3 Å². The molecule has 0 aromatic heterocycles. The normalized spacial score (nSPS) is 20.4. The number of likely N-dealkylation sites (tertiary alicyclic amines) is 1. The minimum absolute atomic E-state index is 0.0789. The molecule has 6 nitrogen and oxygen atoms in total. The van der Waals surface area contributed by atoms with E-state index < -0.39 is 18.0 Å². The number of benzene rings is 2. The van der Waals surface area contributed by atoms with Gasteiger partial charge in [-0.15, -0.1) is 0 Å². The Morgan fingerprint density at radius 1 is 1.07 bits per heavy atom. The third-order valence-electron chi connectivity index (χ3n) is 5.65. The first-order chi connectivity index (χ1) is 14.4. The number of amides is 2. The molecule has 0 saturated carbocycles. The van der Waals surface area contributed by atoms with Crippen LogP contribution in [0.15, 0.2) is 54.6 Å². The Morgan fingerprint density at radius 3 is 2.33 bits per heavy atom. The summed E-state index contributed by atoms with van der Waals surface area (Å²) in [6.07, 6.45) is 1.10. The van der Waals surface area contributed by atoms with E-state index in [4.69, 9.17) is 15.2 Å². The maximum Gasteiger partial charge on any atom is 0.411 e. The zero-order chi connectivity index (χ0) is 21.7. The molecular weight excluding hydrogens is 380 g/mol. The van der Waals surface area contributed by atoms with Crippen molar-refractivity contribution in [3.05, 3.63) is 65.7 Å². The highest BCUT2D eigenvalue weighted by atomic mass is 16.6. The summed E-state index contributed by atoms with van der Waals surface area (Å²) in [5, 5.41) is 0. The summed E-state index contributed by atoms with van der Waals surface area (Å²) >= 11 is 0. The number of ether oxygens (including phenoxy) is 2. The lowest BCUT2D eigenvalue weighted by Crippen LogP contribution is -2.45. The molecule has 160 valence electrons. The average Bonchev–Trinajstić information content (AvgIpc) is 3.20. The molecule has 1 fully saturated rings. The van der Waals surface area contributed by atoms with Gasteiger partial charge in [-0.1, -0.05) is 49.4 Å². The van der Waals surface area contributed by atoms with Crippen LogP contribution in [0, 0.1) is 0 Å². The predicted octanol–water partition coefficient (Wildman–Crippen LogP) is 4.75. The molecule has 2 aromatic rings. The van der Waals surface area contributed by atoms with Gasteiger partial charge in [0, 0.05) is 0 Å². The second-order valence-electron chi connectivity index (χ2n) is 7.76. The van der Waals surface area contributed by atoms with E-state index >= 15 is 0 Å². The lowest BCUT2D eigenvalue weighted by Gasteiger charge is -2.29. The zero-order valence-electron chi connectivity index (χ0n) is 17.8. The zero-order valence-corrected chi connectivity index (χ0v) is 17.8. The van der Waals surface area contributed by atoms with Crippen LogP contribution in [0.2, 0.25) is 0 Å². The van der Waals surface area contributed by atoms with Crippen molar-refractivity contribution in [2.24, 2.45) is 5.73 Å². The van der Waals surface area contributed by atoms with Gasteiger partial charge in [-0.25, -0.2) is 4.79 Å². The van der Waals surface area contributed by atoms with Crippen LogP contribution in [0.4, 0.5) is 4.79 Å². The predicted molar refractivity (Wildman–Crippen MR) is 115 cm³/mol. The number of primary amides is 1. The van der Waals surface area contributed by atoms with Crippen molar-refractivity contribution in [2.45, 2.75) is 64.3 Å². The molecule has 0 radical (unpaired) electrons. The minimum atomic E-state index is -0.652. The summed E-state index contributed by atoms with van der Waals surface area (Å²) < 4.78 is 11.5. The van der Waals surface area contributed by atoms with Crippen LogP contribution in [0.3, 0.4) is 0 Å². The van der Waals surface area contributed by atoms with E-state index in [2.05, 4.69) is 0 Å². The van der Waals surface area contributed by atoms with Gasteiger partial charge < -0.3 is 15.2 Å². The standard InChI is InChI=1S/C24H30N2O4/c1-4-16(2)29-24(28)26-21(14-15-22(26)23(25)27)19-10-12-20(13-11-19)30-17(3)18-8-6-5-7-9-18/h5-13,16-17,21-22H,4,14-15H2,1-3H3,(H2,25,27)/t16?,17-,21-,22+/m1/s1. The summed E-state index contributed by atoms with van der Waals surface area (Å²) in [6, 6.07) is 16.8. The van der Waals surface area contributed by atoms with Crippen molar-refractivity contribution in [3.8, 4) is 5.75 Å². The van der Waals surface area contributed by atoms with Crippen molar-refractivity contribution in [1.82, 2.24) is 4.90 Å². The lowest BCUT2D eigenvalue weighted by molar-refractivity contribution is -0.122. The summed E-state index contributed by atoms with van der Waals surface area (Å²) in [5.74, 6) is 0.239. The highest BCUT2D eigenvalue weighted by molar-refractivity contribution is 5.85. The van der Waals surface area contributed by atoms with Gasteiger partial charge in [-0.3, -0.25) is 9.69 Å². The molecule has 6 heteroatoms. The van der Waals surface area contributed by atoms with E-state index in [1.807, 2.05) is 75.4 Å². The Kier molecular flexibility index (Phi) is 6.98. The molecule has 1 unspecified atom stereocenters. The van der Waals surface area contributed by atoms with Crippen molar-refractivity contribution >= 4 is 12.0 Å². The summed E-state index contributed by atoms with van der Waals surface area (Å²) in [5.41, 5.74) is 7.58. The van der Waals surface area contributed by atoms with Crippen molar-refractivity contribution in [2.75, 3.05) is 0 Å². The molecule has 4 atom stereocenters. The van der Waals surface area contributed by atoms with Crippen LogP contribution in [0.25, 0.3) is 0 Å². The maximum absolute atomic E-state index is 12.8. The number of hydrogen-bond acceptors (Lipinski definition) is 4. The molecule has 30 heavy (non-hydrogen) atoms. The highest BCUT2D eigenvalue weighted by Crippen LogP contribution is 2.37. The van der Waals surface area contributed by atoms with E-state index in [1.54, 1.807) is 0 Å². The second-order valence-corrected chi connectivity index (χ2v) is 7.76. The number of nitrogens with two attached hydrogens (primary N) is 1. The number of rotatable bonds is 7. The molecule has 2 amide bonds. The number of nitrogens with zero attached hydrogens (tertiary/aromatic N) is 1. The molecule has 1 heterocycles. The van der Waals surface area contributed by atoms with Gasteiger partial charge in [0.1, 0.15) is 24.0 Å². The molecule has 2 N–H and O–H groups in total. The van der Waals surface area contributed by atoms with Crippen molar-refractivity contribution in [1.29, 1.82) is 0 Å². The summed E-state index contributed by atoms with van der Waals surface area (Å²) in [7, 11) is 0. The minimum Gasteiger partial charge on any atom is -0.486 e. The van der Waals surface area contributed by atoms with Crippen LogP contribution in [-0.2, 0) is 9.53 Å². The van der Waals surface area contributed by atoms with Crippen molar-refractivity contribution in [3.63, 3.8) is 0 Å². The van der Waals surface area contributed by atoms with E-state index in [-0.39, 0.29) is 18.2 Å². The van der Waals surface area contributed by atoms with Gasteiger partial charge >= 0.3 is 6.09 Å². The fourth-order valence-electron chi connectivity index (χ4n) is 3.75. The summed E-state index contributed by atoms with van der Waals surface area (Å²) in [6.45, 7) is 5.78. The van der Waals surface area contributed by atoms with Gasteiger partial charge in [-0.2, -0.15) is 0 Å². The molecule has 1 aliphatic heterocycles. The number of carbonyl (C=O) groups excluding carboxylic acids is 2. The SMILES string of the molecule is CCC(C)OC(=O)N1[C@@H](c2ccc(O[C@H](C)c3ccccc3)cc2)CC[C@H]1C(N)=O. The molecular formula is C24H30N2O4. The van der Waals surface area contributed by atoms with Gasteiger partial charge in [0.15, 0.2) is 0 Å². The van der Waals surface area contributed by atoms with Crippen LogP contribution >= 0.6 is 0 Å². The molecule has 2 aromatic carbocycles. The first kappa shape index (κ1) is 21.7. The fraction of sp³-hybridized carbons (Fsp3) is 0.417. The van der Waals surface area contributed by atoms with E-state index in [9.17, 15) is 9.59 Å². The molecule has 3 rings (SSSR count). The highest BCUT2D eigenvalue weighted by Gasteiger charge is 2.42. The van der Waals surface area contributed by atoms with E-state index in [1.165, 1.54) is 4.90 Å². The Balaban J connectivity index is 1.74. The fourth-order valence-corrected chi connectivity index (χ4v) is 3.75. The molecule has 0 spiro atoms. The van der Waals surface area contributed by atoms with Crippen LogP contribution < -0.4 is 10.5 Å². The van der Waals surface area contributed by atoms with Crippen LogP contribution in [0.1, 0.15) is 63.3 Å². The maximum atomic E-state index is 12.8. The third-order valence-corrected chi connectivity index (χ3v) is 5.65. The second kappa shape index (κ2) is 9.65. The number of hydrogen-bond donors (Lipinski definition) is 1. The van der Waals surface area contributed by atoms with Crippen molar-refractivity contribution < 1.29 is 19.1 Å². The lowest BCUT2D eigenvalue weighted by atomic mass is 10.0. The first-order valence-corrected chi connectivity index (χ1v) is 10.5. The van der Waals surface area contributed by atoms with E-state index in [0.717, 1.165) is 16.9 Å². The Labute approximate surface area is 178 Å². The molecule has 0 aliphatic carbocycles. The quantitative estimate of drug-likeness (QED) is 0.714. The Morgan fingerprint density at radius 2 is 1.73 bits per heavy atom. The van der Waals surface area contributed by atoms with Gasteiger partial charge in [-0.05, 0) is 56.4 Å². The monoisotopic (exact) mass is 410 g/mol. The Bertz CT molecular complexity index is 853. The smallest absolute Gasteiger partial charge is 0.411 e. The largest absolute Gasteiger partial charge is 0.486 e. The molecule has 0 bridgehead atoms. The van der Waals surface area contributed by atoms with Gasteiger partial charge in [0.05, 0.1) is 6.04 Å². The van der Waals surface area contributed by atoms with Gasteiger partial charge in [0.25, 0.3) is 0 Å². The topological polar surface area (TPSA) is 81.9 Å². The molecule has 1 aliphatic rings. The van der Waals surface area contributed by atoms with Gasteiger partial charge in [0.2, 0.25) is 5.91 Å². The first-order valence-electron chi connectivity index (χ1n) is 10.5.